The van der Waals surface area contributed by atoms with Crippen LogP contribution in [0.1, 0.15) is 90.9 Å². The Hall–Kier alpha value is -1.16. The zero-order valence-corrected chi connectivity index (χ0v) is 20.8. The van der Waals surface area contributed by atoms with Crippen molar-refractivity contribution in [1.29, 1.82) is 0 Å². The number of allylic oxidation sites excluding steroid dienone is 1. The molecule has 0 spiro atoms. The Kier molecular flexibility index (Phi) is 5.36. The van der Waals surface area contributed by atoms with Crippen LogP contribution in [0.4, 0.5) is 0 Å². The molecule has 0 aromatic rings. The summed E-state index contributed by atoms with van der Waals surface area (Å²) in [6.07, 6.45) is 15.7. The van der Waals surface area contributed by atoms with Crippen LogP contribution in [0.15, 0.2) is 16.8 Å². The van der Waals surface area contributed by atoms with E-state index in [1.54, 1.807) is 6.20 Å². The molecule has 0 aromatic heterocycles. The highest BCUT2D eigenvalue weighted by atomic mass is 16.3. The van der Waals surface area contributed by atoms with Crippen LogP contribution in [0.2, 0.25) is 0 Å². The Bertz CT molecular complexity index is 875. The van der Waals surface area contributed by atoms with Gasteiger partial charge < -0.3 is 10.8 Å². The lowest BCUT2D eigenvalue weighted by atomic mass is 9.48. The van der Waals surface area contributed by atoms with E-state index in [2.05, 4.69) is 13.8 Å². The summed E-state index contributed by atoms with van der Waals surface area (Å²) in [5.74, 6) is 6.03. The zero-order chi connectivity index (χ0) is 23.0. The lowest BCUT2D eigenvalue weighted by Crippen LogP contribution is -2.52. The van der Waals surface area contributed by atoms with Crippen molar-refractivity contribution in [2.24, 2.45) is 63.5 Å². The van der Waals surface area contributed by atoms with Crippen molar-refractivity contribution in [2.75, 3.05) is 6.54 Å². The third kappa shape index (κ3) is 3.56. The number of carbonyl (C=O) groups is 1. The first kappa shape index (κ1) is 22.3. The molecule has 6 aliphatic carbocycles. The number of carbonyl (C=O) groups excluding carboxylic acids is 1. The molecule has 0 aliphatic heterocycles. The second kappa shape index (κ2) is 7.93. The van der Waals surface area contributed by atoms with Crippen molar-refractivity contribution in [3.63, 3.8) is 0 Å². The maximum atomic E-state index is 13.7. The molecule has 6 aliphatic rings. The van der Waals surface area contributed by atoms with Crippen molar-refractivity contribution in [3.8, 4) is 0 Å². The Morgan fingerprint density at radius 2 is 1.82 bits per heavy atom. The quantitative estimate of drug-likeness (QED) is 0.611. The fourth-order valence-electron chi connectivity index (χ4n) is 10.2. The van der Waals surface area contributed by atoms with E-state index in [0.29, 0.717) is 18.2 Å². The predicted molar refractivity (Wildman–Crippen MR) is 132 cm³/mol. The van der Waals surface area contributed by atoms with Crippen LogP contribution in [0.3, 0.4) is 0 Å². The highest BCUT2D eigenvalue weighted by Gasteiger charge is 2.70. The minimum Gasteiger partial charge on any atom is -0.404 e. The van der Waals surface area contributed by atoms with Gasteiger partial charge in [0.2, 0.25) is 0 Å². The van der Waals surface area contributed by atoms with Crippen LogP contribution in [-0.4, -0.2) is 28.7 Å². The van der Waals surface area contributed by atoms with Crippen LogP contribution >= 0.6 is 0 Å². The van der Waals surface area contributed by atoms with Gasteiger partial charge in [-0.1, -0.05) is 6.92 Å². The summed E-state index contributed by atoms with van der Waals surface area (Å²) in [5.41, 5.74) is 7.85. The van der Waals surface area contributed by atoms with Gasteiger partial charge in [0.15, 0.2) is 5.78 Å². The average molecular weight is 453 g/mol. The molecule has 4 heteroatoms. The Morgan fingerprint density at radius 1 is 1.03 bits per heavy atom. The second-order valence-corrected chi connectivity index (χ2v) is 13.3. The minimum absolute atomic E-state index is 0.193. The molecule has 0 bridgehead atoms. The molecule has 0 radical (unpaired) electrons. The second-order valence-electron chi connectivity index (χ2n) is 13.3. The number of aliphatic hydroxyl groups is 1. The number of ketones is 1. The van der Waals surface area contributed by atoms with Crippen molar-refractivity contribution < 1.29 is 9.90 Å². The predicted octanol–water partition coefficient (Wildman–Crippen LogP) is 5.29. The fraction of sp³-hybridized carbons (Fsp3) is 0.862. The lowest BCUT2D eigenvalue weighted by molar-refractivity contribution is -0.134. The van der Waals surface area contributed by atoms with Gasteiger partial charge in [-0.05, 0) is 143 Å². The summed E-state index contributed by atoms with van der Waals surface area (Å²) in [4.78, 5) is 18.5. The van der Waals surface area contributed by atoms with E-state index in [1.807, 2.05) is 0 Å². The first-order valence-electron chi connectivity index (χ1n) is 14.0. The molecule has 6 rings (SSSR count). The Labute approximate surface area is 199 Å². The molecule has 6 saturated carbocycles. The van der Waals surface area contributed by atoms with Gasteiger partial charge in [0.25, 0.3) is 0 Å². The molecular formula is C29H44N2O2. The topological polar surface area (TPSA) is 75.7 Å². The van der Waals surface area contributed by atoms with Crippen LogP contribution in [0.25, 0.3) is 0 Å². The van der Waals surface area contributed by atoms with E-state index in [4.69, 9.17) is 10.7 Å². The average Bonchev–Trinajstić information content (AvgIpc) is 3.50. The van der Waals surface area contributed by atoms with E-state index in [-0.39, 0.29) is 11.3 Å². The molecule has 6 fully saturated rings. The van der Waals surface area contributed by atoms with E-state index in [0.717, 1.165) is 72.5 Å². The number of nitrogens with two attached hydrogens (primary N) is 1. The number of hydrogen-bond acceptors (Lipinski definition) is 4. The number of rotatable bonds is 3. The van der Waals surface area contributed by atoms with Crippen molar-refractivity contribution in [1.82, 2.24) is 0 Å². The minimum atomic E-state index is -0.442. The normalized spacial score (nSPS) is 53.2. The lowest BCUT2D eigenvalue weighted by Gasteiger charge is -2.57. The van der Waals surface area contributed by atoms with Gasteiger partial charge in [0.05, 0.1) is 12.1 Å². The SMILES string of the molecule is C[C@@]1(O)CC[C@H]2[C@H](CC[C@@H]3[C@@H]2CC[C@@]2(C)[C@H]3[C@@H]3C[C@@H]3[C@@H]2C(=O)CN=C2CCCC/C2=C/N)C1. The number of aliphatic imine (C=N–C) groups is 1. The third-order valence-corrected chi connectivity index (χ3v) is 11.5. The first-order valence-corrected chi connectivity index (χ1v) is 14.0. The molecule has 182 valence electrons. The van der Waals surface area contributed by atoms with Gasteiger partial charge in [-0.15, -0.1) is 0 Å². The first-order chi connectivity index (χ1) is 15.8. The molecule has 10 atom stereocenters. The number of Topliss-reactive ketones (excluding diaryl/α,β-unsaturated/α-hetero) is 1. The largest absolute Gasteiger partial charge is 0.404 e. The van der Waals surface area contributed by atoms with Gasteiger partial charge in [0, 0.05) is 11.6 Å². The fourth-order valence-corrected chi connectivity index (χ4v) is 10.2. The molecule has 0 amide bonds. The van der Waals surface area contributed by atoms with Crippen LogP contribution in [0, 0.1) is 52.8 Å². The molecule has 0 heterocycles. The monoisotopic (exact) mass is 452 g/mol. The molecule has 3 N–H and O–H groups in total. The molecule has 0 saturated heterocycles. The maximum Gasteiger partial charge on any atom is 0.158 e. The summed E-state index contributed by atoms with van der Waals surface area (Å²) in [5, 5.41) is 10.7. The van der Waals surface area contributed by atoms with Crippen LogP contribution in [0.5, 0.6) is 0 Å². The van der Waals surface area contributed by atoms with Crippen molar-refractivity contribution in [3.05, 3.63) is 11.8 Å². The maximum absolute atomic E-state index is 13.7. The van der Waals surface area contributed by atoms with Gasteiger partial charge in [-0.3, -0.25) is 9.79 Å². The van der Waals surface area contributed by atoms with Gasteiger partial charge in [-0.25, -0.2) is 0 Å². The molecule has 0 aromatic carbocycles. The van der Waals surface area contributed by atoms with Crippen LogP contribution in [-0.2, 0) is 4.79 Å². The summed E-state index contributed by atoms with van der Waals surface area (Å²) >= 11 is 0. The van der Waals surface area contributed by atoms with Crippen molar-refractivity contribution >= 4 is 11.5 Å². The Balaban J connectivity index is 1.19. The van der Waals surface area contributed by atoms with Gasteiger partial charge >= 0.3 is 0 Å². The van der Waals surface area contributed by atoms with Gasteiger partial charge in [0.1, 0.15) is 0 Å². The summed E-state index contributed by atoms with van der Waals surface area (Å²) in [6.45, 7) is 4.91. The van der Waals surface area contributed by atoms with Crippen molar-refractivity contribution in [2.45, 2.75) is 96.5 Å². The zero-order valence-electron chi connectivity index (χ0n) is 20.8. The van der Waals surface area contributed by atoms with E-state index >= 15 is 0 Å². The number of nitrogens with zero attached hydrogens (tertiary/aromatic N) is 1. The molecule has 4 nitrogen and oxygen atoms in total. The van der Waals surface area contributed by atoms with E-state index < -0.39 is 5.60 Å². The highest BCUT2D eigenvalue weighted by molar-refractivity contribution is 6.02. The molecule has 0 unspecified atom stereocenters. The van der Waals surface area contributed by atoms with Gasteiger partial charge in [-0.2, -0.15) is 0 Å². The van der Waals surface area contributed by atoms with Crippen LogP contribution < -0.4 is 5.73 Å². The summed E-state index contributed by atoms with van der Waals surface area (Å²) < 4.78 is 0. The van der Waals surface area contributed by atoms with E-state index in [9.17, 15) is 9.90 Å². The Morgan fingerprint density at radius 3 is 2.64 bits per heavy atom. The highest BCUT2D eigenvalue weighted by Crippen LogP contribution is 2.74. The van der Waals surface area contributed by atoms with E-state index in [1.165, 1.54) is 51.4 Å². The standard InChI is InChI=1S/C29H44N2O2/c1-28(33)11-9-19-17(14-28)7-8-21-20(19)10-12-29(2)26(21)22-13-23(22)27(29)25(32)16-31-24-6-4-3-5-18(24)15-30/h15,17,19-23,26-27,33H,3-14,16,30H2,1-2H3/b18-15-,31-24?/t17-,19+,20-,21-,22-,23+,26-,27-,28-,29+/m1/s1. The molecule has 33 heavy (non-hydrogen) atoms. The summed E-state index contributed by atoms with van der Waals surface area (Å²) in [6, 6.07) is 0. The number of fused-ring (bicyclic) bond motifs is 7. The smallest absolute Gasteiger partial charge is 0.158 e. The number of hydrogen-bond donors (Lipinski definition) is 2. The molecular weight excluding hydrogens is 408 g/mol. The third-order valence-electron chi connectivity index (χ3n) is 11.5. The summed E-state index contributed by atoms with van der Waals surface area (Å²) in [7, 11) is 0.